The lowest BCUT2D eigenvalue weighted by molar-refractivity contribution is 0.264. The SMILES string of the molecule is CC(C)(C#N)CCOc1ccc(CC#N)cc1. The molecule has 0 spiro atoms. The predicted molar refractivity (Wildman–Crippen MR) is 65.3 cm³/mol. The summed E-state index contributed by atoms with van der Waals surface area (Å²) in [5.74, 6) is 0.778. The van der Waals surface area contributed by atoms with Crippen LogP contribution in [0.2, 0.25) is 0 Å². The third-order valence-electron chi connectivity index (χ3n) is 2.50. The van der Waals surface area contributed by atoms with Crippen molar-refractivity contribution in [3.05, 3.63) is 29.8 Å². The molecule has 0 atom stereocenters. The highest BCUT2D eigenvalue weighted by Crippen LogP contribution is 2.19. The molecule has 0 heterocycles. The van der Waals surface area contributed by atoms with E-state index >= 15 is 0 Å². The molecule has 3 nitrogen and oxygen atoms in total. The molecule has 0 N–H and O–H groups in total. The number of rotatable bonds is 5. The Morgan fingerprint density at radius 1 is 1.18 bits per heavy atom. The van der Waals surface area contributed by atoms with Gasteiger partial charge in [-0.1, -0.05) is 12.1 Å². The predicted octanol–water partition coefficient (Wildman–Crippen LogP) is 3.07. The van der Waals surface area contributed by atoms with E-state index in [1.165, 1.54) is 0 Å². The van der Waals surface area contributed by atoms with E-state index in [1.807, 2.05) is 38.1 Å². The summed E-state index contributed by atoms with van der Waals surface area (Å²) < 4.78 is 5.54. The molecule has 0 saturated carbocycles. The highest BCUT2D eigenvalue weighted by molar-refractivity contribution is 5.28. The molecule has 1 rings (SSSR count). The zero-order valence-electron chi connectivity index (χ0n) is 10.2. The maximum Gasteiger partial charge on any atom is 0.119 e. The Bertz CT molecular complexity index is 435. The monoisotopic (exact) mass is 228 g/mol. The lowest BCUT2D eigenvalue weighted by Crippen LogP contribution is -2.13. The molecule has 88 valence electrons. The largest absolute Gasteiger partial charge is 0.494 e. The molecule has 17 heavy (non-hydrogen) atoms. The van der Waals surface area contributed by atoms with E-state index in [0.717, 1.165) is 11.3 Å². The molecule has 0 saturated heterocycles. The van der Waals surface area contributed by atoms with E-state index in [9.17, 15) is 0 Å². The van der Waals surface area contributed by atoms with E-state index in [4.69, 9.17) is 15.3 Å². The van der Waals surface area contributed by atoms with Gasteiger partial charge in [0.2, 0.25) is 0 Å². The van der Waals surface area contributed by atoms with Gasteiger partial charge in [0.05, 0.1) is 30.6 Å². The van der Waals surface area contributed by atoms with Crippen LogP contribution in [0.5, 0.6) is 5.75 Å². The molecule has 0 aliphatic rings. The standard InChI is InChI=1S/C14H16N2O/c1-14(2,11-16)8-10-17-13-5-3-12(4-6-13)7-9-15/h3-6H,7-8,10H2,1-2H3. The van der Waals surface area contributed by atoms with Gasteiger partial charge in [-0.25, -0.2) is 0 Å². The minimum atomic E-state index is -0.346. The van der Waals surface area contributed by atoms with Gasteiger partial charge in [-0.05, 0) is 38.0 Å². The number of benzene rings is 1. The Morgan fingerprint density at radius 3 is 2.35 bits per heavy atom. The van der Waals surface area contributed by atoms with Crippen molar-refractivity contribution in [2.75, 3.05) is 6.61 Å². The molecule has 0 radical (unpaired) electrons. The van der Waals surface area contributed by atoms with Crippen LogP contribution in [-0.2, 0) is 6.42 Å². The maximum atomic E-state index is 8.85. The van der Waals surface area contributed by atoms with Crippen molar-refractivity contribution < 1.29 is 4.74 Å². The van der Waals surface area contributed by atoms with Crippen LogP contribution < -0.4 is 4.74 Å². The van der Waals surface area contributed by atoms with Crippen molar-refractivity contribution in [3.8, 4) is 17.9 Å². The van der Waals surface area contributed by atoms with Gasteiger partial charge >= 0.3 is 0 Å². The number of hydrogen-bond acceptors (Lipinski definition) is 3. The quantitative estimate of drug-likeness (QED) is 0.778. The fourth-order valence-electron chi connectivity index (χ4n) is 1.27. The minimum absolute atomic E-state index is 0.346. The van der Waals surface area contributed by atoms with Gasteiger partial charge in [0.15, 0.2) is 0 Å². The van der Waals surface area contributed by atoms with Crippen LogP contribution >= 0.6 is 0 Å². The summed E-state index contributed by atoms with van der Waals surface area (Å²) in [7, 11) is 0. The third-order valence-corrected chi connectivity index (χ3v) is 2.50. The van der Waals surface area contributed by atoms with E-state index < -0.39 is 0 Å². The first-order valence-corrected chi connectivity index (χ1v) is 5.57. The van der Waals surface area contributed by atoms with Crippen molar-refractivity contribution >= 4 is 0 Å². The number of ether oxygens (including phenoxy) is 1. The molecular formula is C14H16N2O. The Morgan fingerprint density at radius 2 is 1.82 bits per heavy atom. The van der Waals surface area contributed by atoms with E-state index in [1.54, 1.807) is 0 Å². The van der Waals surface area contributed by atoms with Crippen LogP contribution in [-0.4, -0.2) is 6.61 Å². The Labute approximate surface area is 102 Å². The van der Waals surface area contributed by atoms with Gasteiger partial charge in [-0.15, -0.1) is 0 Å². The van der Waals surface area contributed by atoms with Crippen LogP contribution in [0, 0.1) is 28.1 Å². The smallest absolute Gasteiger partial charge is 0.119 e. The molecule has 0 aliphatic carbocycles. The molecule has 0 amide bonds. The second-order valence-corrected chi connectivity index (χ2v) is 4.57. The molecule has 0 bridgehead atoms. The van der Waals surface area contributed by atoms with Gasteiger partial charge in [0, 0.05) is 0 Å². The summed E-state index contributed by atoms with van der Waals surface area (Å²) in [6.07, 6.45) is 1.12. The Kier molecular flexibility index (Phi) is 4.55. The zero-order valence-corrected chi connectivity index (χ0v) is 10.2. The molecule has 3 heteroatoms. The highest BCUT2D eigenvalue weighted by Gasteiger charge is 2.16. The average molecular weight is 228 g/mol. The van der Waals surface area contributed by atoms with Crippen molar-refractivity contribution in [1.82, 2.24) is 0 Å². The van der Waals surface area contributed by atoms with Gasteiger partial charge in [0.1, 0.15) is 5.75 Å². The molecule has 1 aromatic rings. The topological polar surface area (TPSA) is 56.8 Å². The summed E-state index contributed by atoms with van der Waals surface area (Å²) in [5, 5.41) is 17.4. The van der Waals surface area contributed by atoms with E-state index in [2.05, 4.69) is 12.1 Å². The van der Waals surface area contributed by atoms with Crippen LogP contribution in [0.3, 0.4) is 0 Å². The van der Waals surface area contributed by atoms with Crippen LogP contribution in [0.4, 0.5) is 0 Å². The summed E-state index contributed by atoms with van der Waals surface area (Å²) >= 11 is 0. The second kappa shape index (κ2) is 5.92. The maximum absolute atomic E-state index is 8.85. The molecular weight excluding hydrogens is 212 g/mol. The van der Waals surface area contributed by atoms with Gasteiger partial charge < -0.3 is 4.74 Å². The first-order valence-electron chi connectivity index (χ1n) is 5.57. The van der Waals surface area contributed by atoms with Gasteiger partial charge in [-0.3, -0.25) is 0 Å². The van der Waals surface area contributed by atoms with Crippen molar-refractivity contribution in [2.24, 2.45) is 5.41 Å². The molecule has 0 unspecified atom stereocenters. The van der Waals surface area contributed by atoms with Crippen molar-refractivity contribution in [2.45, 2.75) is 26.7 Å². The molecule has 0 aromatic heterocycles. The normalized spacial score (nSPS) is 10.4. The Balaban J connectivity index is 2.43. The average Bonchev–Trinajstić information content (AvgIpc) is 2.32. The summed E-state index contributed by atoms with van der Waals surface area (Å²) in [6.45, 7) is 4.32. The number of hydrogen-bond donors (Lipinski definition) is 0. The summed E-state index contributed by atoms with van der Waals surface area (Å²) in [4.78, 5) is 0. The summed E-state index contributed by atoms with van der Waals surface area (Å²) in [5.41, 5.74) is 0.637. The first kappa shape index (κ1) is 13.1. The molecule has 1 aromatic carbocycles. The van der Waals surface area contributed by atoms with Crippen LogP contribution in [0.25, 0.3) is 0 Å². The van der Waals surface area contributed by atoms with E-state index in [0.29, 0.717) is 19.4 Å². The summed E-state index contributed by atoms with van der Waals surface area (Å²) in [6, 6.07) is 11.8. The lowest BCUT2D eigenvalue weighted by Gasteiger charge is -2.15. The fourth-order valence-corrected chi connectivity index (χ4v) is 1.27. The highest BCUT2D eigenvalue weighted by atomic mass is 16.5. The lowest BCUT2D eigenvalue weighted by atomic mass is 9.92. The van der Waals surface area contributed by atoms with Crippen LogP contribution in [0.15, 0.2) is 24.3 Å². The van der Waals surface area contributed by atoms with Crippen molar-refractivity contribution in [3.63, 3.8) is 0 Å². The minimum Gasteiger partial charge on any atom is -0.494 e. The number of nitriles is 2. The van der Waals surface area contributed by atoms with Crippen LogP contribution in [0.1, 0.15) is 25.8 Å². The van der Waals surface area contributed by atoms with Crippen molar-refractivity contribution in [1.29, 1.82) is 10.5 Å². The first-order chi connectivity index (χ1) is 8.07. The van der Waals surface area contributed by atoms with E-state index in [-0.39, 0.29) is 5.41 Å². The fraction of sp³-hybridized carbons (Fsp3) is 0.429. The molecule has 0 aliphatic heterocycles. The second-order valence-electron chi connectivity index (χ2n) is 4.57. The van der Waals surface area contributed by atoms with Gasteiger partial charge in [-0.2, -0.15) is 10.5 Å². The zero-order chi connectivity index (χ0) is 12.7. The number of nitrogens with zero attached hydrogens (tertiary/aromatic N) is 2. The van der Waals surface area contributed by atoms with Gasteiger partial charge in [0.25, 0.3) is 0 Å². The molecule has 0 fully saturated rings. The Hall–Kier alpha value is -2.00. The third kappa shape index (κ3) is 4.57.